The molecule has 0 saturated heterocycles. The van der Waals surface area contributed by atoms with Gasteiger partial charge in [-0.1, -0.05) is 6.07 Å². The Hall–Kier alpha value is -1.33. The Bertz CT molecular complexity index is 677. The summed E-state index contributed by atoms with van der Waals surface area (Å²) in [4.78, 5) is 0.210. The maximum Gasteiger partial charge on any atom is 0.178 e. The van der Waals surface area contributed by atoms with Crippen LogP contribution in [0.5, 0.6) is 0 Å². The zero-order valence-electron chi connectivity index (χ0n) is 10.1. The van der Waals surface area contributed by atoms with Gasteiger partial charge in [0.15, 0.2) is 9.84 Å². The van der Waals surface area contributed by atoms with Gasteiger partial charge in [-0.15, -0.1) is 11.6 Å². The van der Waals surface area contributed by atoms with E-state index in [-0.39, 0.29) is 4.90 Å². The highest BCUT2D eigenvalue weighted by atomic mass is 35.5. The van der Waals surface area contributed by atoms with Crippen molar-refractivity contribution in [1.29, 1.82) is 0 Å². The standard InChI is InChI=1S/C12H13ClN2O2S/c1-9-5-11(4-3-10(9)6-13)15-8-12(7-14-15)18(2,16)17/h3-5,7-8H,6H2,1-2H3. The molecule has 6 heteroatoms. The molecule has 0 unspecified atom stereocenters. The van der Waals surface area contributed by atoms with Gasteiger partial charge in [0, 0.05) is 18.3 Å². The van der Waals surface area contributed by atoms with Gasteiger partial charge in [0.1, 0.15) is 4.90 Å². The number of sulfone groups is 1. The first-order valence-electron chi connectivity index (χ1n) is 5.32. The van der Waals surface area contributed by atoms with Crippen molar-refractivity contribution in [3.63, 3.8) is 0 Å². The Morgan fingerprint density at radius 2 is 2.11 bits per heavy atom. The highest BCUT2D eigenvalue weighted by molar-refractivity contribution is 7.90. The Kier molecular flexibility index (Phi) is 3.45. The van der Waals surface area contributed by atoms with E-state index in [1.807, 2.05) is 25.1 Å². The molecule has 18 heavy (non-hydrogen) atoms. The number of rotatable bonds is 3. The lowest BCUT2D eigenvalue weighted by molar-refractivity contribution is 0.602. The summed E-state index contributed by atoms with van der Waals surface area (Å²) in [7, 11) is -3.22. The van der Waals surface area contributed by atoms with Crippen LogP contribution in [0.2, 0.25) is 0 Å². The second-order valence-corrected chi connectivity index (χ2v) is 6.42. The molecule has 0 aliphatic rings. The number of halogens is 1. The number of hydrogen-bond acceptors (Lipinski definition) is 3. The van der Waals surface area contributed by atoms with Crippen molar-refractivity contribution in [2.24, 2.45) is 0 Å². The van der Waals surface area contributed by atoms with Crippen LogP contribution in [0.25, 0.3) is 5.69 Å². The fourth-order valence-corrected chi connectivity index (χ4v) is 2.44. The summed E-state index contributed by atoms with van der Waals surface area (Å²) in [6.07, 6.45) is 4.01. The largest absolute Gasteiger partial charge is 0.240 e. The van der Waals surface area contributed by atoms with Crippen molar-refractivity contribution in [1.82, 2.24) is 9.78 Å². The molecule has 0 atom stereocenters. The average molecular weight is 285 g/mol. The third-order valence-corrected chi connectivity index (χ3v) is 4.08. The van der Waals surface area contributed by atoms with E-state index in [0.29, 0.717) is 5.88 Å². The molecule has 1 heterocycles. The van der Waals surface area contributed by atoms with Crippen LogP contribution < -0.4 is 0 Å². The summed E-state index contributed by atoms with van der Waals surface area (Å²) in [5, 5.41) is 4.05. The van der Waals surface area contributed by atoms with Crippen LogP contribution in [-0.2, 0) is 15.7 Å². The lowest BCUT2D eigenvalue weighted by Crippen LogP contribution is -1.97. The second kappa shape index (κ2) is 4.74. The first-order chi connectivity index (χ1) is 8.41. The Balaban J connectivity index is 2.44. The van der Waals surface area contributed by atoms with Gasteiger partial charge in [-0.05, 0) is 30.2 Å². The monoisotopic (exact) mass is 284 g/mol. The topological polar surface area (TPSA) is 52.0 Å². The minimum absolute atomic E-state index is 0.210. The number of nitrogens with zero attached hydrogens (tertiary/aromatic N) is 2. The minimum Gasteiger partial charge on any atom is -0.240 e. The quantitative estimate of drug-likeness (QED) is 0.813. The molecule has 2 rings (SSSR count). The minimum atomic E-state index is -3.22. The maximum absolute atomic E-state index is 11.4. The zero-order chi connectivity index (χ0) is 13.3. The van der Waals surface area contributed by atoms with Crippen molar-refractivity contribution in [3.05, 3.63) is 41.7 Å². The Labute approximate surface area is 111 Å². The molecule has 0 aliphatic carbocycles. The fraction of sp³-hybridized carbons (Fsp3) is 0.250. The number of aryl methyl sites for hydroxylation is 1. The summed E-state index contributed by atoms with van der Waals surface area (Å²) in [6, 6.07) is 5.71. The van der Waals surface area contributed by atoms with Crippen LogP contribution in [-0.4, -0.2) is 24.5 Å². The molecule has 1 aromatic carbocycles. The van der Waals surface area contributed by atoms with E-state index in [9.17, 15) is 8.42 Å². The predicted molar refractivity (Wildman–Crippen MR) is 71.0 cm³/mol. The third-order valence-electron chi connectivity index (χ3n) is 2.72. The number of alkyl halides is 1. The van der Waals surface area contributed by atoms with Crippen molar-refractivity contribution in [3.8, 4) is 5.69 Å². The van der Waals surface area contributed by atoms with Crippen LogP contribution in [0.1, 0.15) is 11.1 Å². The van der Waals surface area contributed by atoms with E-state index in [4.69, 9.17) is 11.6 Å². The molecule has 0 N–H and O–H groups in total. The molecule has 4 nitrogen and oxygen atoms in total. The number of hydrogen-bond donors (Lipinski definition) is 0. The normalized spacial score (nSPS) is 11.7. The van der Waals surface area contributed by atoms with Gasteiger partial charge >= 0.3 is 0 Å². The van der Waals surface area contributed by atoms with Crippen molar-refractivity contribution >= 4 is 21.4 Å². The predicted octanol–water partition coefficient (Wildman–Crippen LogP) is 2.32. The molecule has 1 aromatic heterocycles. The third kappa shape index (κ3) is 2.57. The van der Waals surface area contributed by atoms with Crippen molar-refractivity contribution in [2.45, 2.75) is 17.7 Å². The molecule has 0 aliphatic heterocycles. The van der Waals surface area contributed by atoms with Crippen LogP contribution in [0.15, 0.2) is 35.5 Å². The average Bonchev–Trinajstić information content (AvgIpc) is 2.77. The van der Waals surface area contributed by atoms with E-state index in [1.54, 1.807) is 4.68 Å². The molecule has 0 bridgehead atoms. The highest BCUT2D eigenvalue weighted by Crippen LogP contribution is 2.17. The van der Waals surface area contributed by atoms with Gasteiger partial charge in [0.2, 0.25) is 0 Å². The van der Waals surface area contributed by atoms with E-state index in [1.165, 1.54) is 12.4 Å². The molecule has 0 radical (unpaired) electrons. The van der Waals surface area contributed by atoms with E-state index >= 15 is 0 Å². The lowest BCUT2D eigenvalue weighted by atomic mass is 10.1. The first kappa shape index (κ1) is 13.1. The Morgan fingerprint density at radius 1 is 1.39 bits per heavy atom. The molecular weight excluding hydrogens is 272 g/mol. The van der Waals surface area contributed by atoms with Crippen LogP contribution >= 0.6 is 11.6 Å². The van der Waals surface area contributed by atoms with Crippen LogP contribution in [0, 0.1) is 6.92 Å². The smallest absolute Gasteiger partial charge is 0.178 e. The van der Waals surface area contributed by atoms with E-state index < -0.39 is 9.84 Å². The SMILES string of the molecule is Cc1cc(-n2cc(S(C)(=O)=O)cn2)ccc1CCl. The van der Waals surface area contributed by atoms with Gasteiger partial charge in [-0.2, -0.15) is 5.10 Å². The summed E-state index contributed by atoms with van der Waals surface area (Å²) < 4.78 is 24.3. The molecule has 0 fully saturated rings. The molecular formula is C12H13ClN2O2S. The number of benzene rings is 1. The first-order valence-corrected chi connectivity index (χ1v) is 7.75. The second-order valence-electron chi connectivity index (χ2n) is 4.14. The van der Waals surface area contributed by atoms with Crippen LogP contribution in [0.4, 0.5) is 0 Å². The summed E-state index contributed by atoms with van der Waals surface area (Å²) in [5.41, 5.74) is 2.92. The summed E-state index contributed by atoms with van der Waals surface area (Å²) >= 11 is 5.79. The van der Waals surface area contributed by atoms with Crippen molar-refractivity contribution < 1.29 is 8.42 Å². The van der Waals surface area contributed by atoms with Gasteiger partial charge in [-0.25, -0.2) is 13.1 Å². The zero-order valence-corrected chi connectivity index (χ0v) is 11.7. The van der Waals surface area contributed by atoms with Crippen molar-refractivity contribution in [2.75, 3.05) is 6.26 Å². The van der Waals surface area contributed by atoms with Gasteiger partial charge in [0.25, 0.3) is 0 Å². The summed E-state index contributed by atoms with van der Waals surface area (Å²) in [6.45, 7) is 1.96. The van der Waals surface area contributed by atoms with E-state index in [2.05, 4.69) is 5.10 Å². The van der Waals surface area contributed by atoms with Gasteiger partial charge < -0.3 is 0 Å². The molecule has 0 amide bonds. The Morgan fingerprint density at radius 3 is 2.61 bits per heavy atom. The van der Waals surface area contributed by atoms with Gasteiger partial charge in [-0.3, -0.25) is 0 Å². The highest BCUT2D eigenvalue weighted by Gasteiger charge is 2.11. The fourth-order valence-electron chi connectivity index (χ4n) is 1.61. The molecule has 0 saturated carbocycles. The number of aromatic nitrogens is 2. The van der Waals surface area contributed by atoms with Gasteiger partial charge in [0.05, 0.1) is 11.9 Å². The molecule has 2 aromatic rings. The molecule has 0 spiro atoms. The summed E-state index contributed by atoms with van der Waals surface area (Å²) in [5.74, 6) is 0.458. The van der Waals surface area contributed by atoms with Crippen LogP contribution in [0.3, 0.4) is 0 Å². The van der Waals surface area contributed by atoms with E-state index in [0.717, 1.165) is 23.1 Å². The molecule has 96 valence electrons. The maximum atomic E-state index is 11.4. The lowest BCUT2D eigenvalue weighted by Gasteiger charge is -2.06.